The van der Waals surface area contributed by atoms with Gasteiger partial charge in [0.05, 0.1) is 34.4 Å². The van der Waals surface area contributed by atoms with Crippen LogP contribution in [-0.4, -0.2) is 52.1 Å². The molecule has 3 aromatic carbocycles. The largest absolute Gasteiger partial charge is 0.416 e. The summed E-state index contributed by atoms with van der Waals surface area (Å²) in [5.74, 6) is -0.708. The van der Waals surface area contributed by atoms with Crippen molar-refractivity contribution in [2.24, 2.45) is 0 Å². The first kappa shape index (κ1) is 28.9. The molecule has 7 nitrogen and oxygen atoms in total. The Balaban J connectivity index is 1.51. The zero-order chi connectivity index (χ0) is 28.0. The molecule has 1 fully saturated rings. The molecule has 12 heteroatoms. The highest BCUT2D eigenvalue weighted by Crippen LogP contribution is 2.37. The lowest BCUT2D eigenvalue weighted by Gasteiger charge is -2.26. The van der Waals surface area contributed by atoms with Gasteiger partial charge < -0.3 is 10.1 Å². The van der Waals surface area contributed by atoms with Crippen molar-refractivity contribution >= 4 is 33.2 Å². The lowest BCUT2D eigenvalue weighted by molar-refractivity contribution is -0.137. The molecular weight excluding hydrogens is 555 g/mol. The maximum atomic E-state index is 13.5. The number of rotatable bonds is 9. The fraction of sp³-hybridized carbons (Fsp3) is 0.296. The molecule has 4 rings (SSSR count). The Hall–Kier alpha value is -3.12. The topological polar surface area (TPSA) is 79.0 Å². The third-order valence-electron chi connectivity index (χ3n) is 6.18. The first-order chi connectivity index (χ1) is 18.5. The monoisotopic (exact) mass is 581 g/mol. The Bertz CT molecular complexity index is 1380. The van der Waals surface area contributed by atoms with Gasteiger partial charge in [0.2, 0.25) is 5.91 Å². The van der Waals surface area contributed by atoms with E-state index in [0.29, 0.717) is 23.6 Å². The van der Waals surface area contributed by atoms with Crippen LogP contribution in [0, 0.1) is 0 Å². The standard InChI is InChI=1S/C27H27ClF3N3O4S/c28-24-11-10-22(27(29,30)31)16-25(24)34(39(36,37)23-4-2-1-3-5-23)19-26(35)32-17-20-6-8-21(9-7-20)18-33-12-14-38-15-13-33/h1-11,16H,12-15,17-19H2,(H,32,35). The van der Waals surface area contributed by atoms with Gasteiger partial charge in [-0.2, -0.15) is 13.2 Å². The van der Waals surface area contributed by atoms with E-state index in [2.05, 4.69) is 10.2 Å². The maximum Gasteiger partial charge on any atom is 0.416 e. The van der Waals surface area contributed by atoms with E-state index in [1.165, 1.54) is 24.3 Å². The summed E-state index contributed by atoms with van der Waals surface area (Å²) in [6.45, 7) is 3.23. The van der Waals surface area contributed by atoms with Crippen molar-refractivity contribution < 1.29 is 31.1 Å². The third-order valence-corrected chi connectivity index (χ3v) is 8.28. The van der Waals surface area contributed by atoms with Crippen molar-refractivity contribution in [1.82, 2.24) is 10.2 Å². The van der Waals surface area contributed by atoms with Gasteiger partial charge in [0.25, 0.3) is 10.0 Å². The summed E-state index contributed by atoms with van der Waals surface area (Å²) in [6, 6.07) is 17.1. The second-order valence-electron chi connectivity index (χ2n) is 8.97. The minimum absolute atomic E-state index is 0.103. The van der Waals surface area contributed by atoms with Crippen molar-refractivity contribution in [2.45, 2.75) is 24.2 Å². The lowest BCUT2D eigenvalue weighted by atomic mass is 10.1. The van der Waals surface area contributed by atoms with Crippen LogP contribution in [0.25, 0.3) is 0 Å². The van der Waals surface area contributed by atoms with E-state index < -0.39 is 39.9 Å². The van der Waals surface area contributed by atoms with Gasteiger partial charge in [-0.3, -0.25) is 14.0 Å². The van der Waals surface area contributed by atoms with Crippen LogP contribution in [0.2, 0.25) is 5.02 Å². The number of nitrogens with zero attached hydrogens (tertiary/aromatic N) is 2. The summed E-state index contributed by atoms with van der Waals surface area (Å²) in [4.78, 5) is 15.0. The summed E-state index contributed by atoms with van der Waals surface area (Å²) in [6.07, 6.45) is -4.74. The Morgan fingerprint density at radius 3 is 2.26 bits per heavy atom. The predicted molar refractivity (Wildman–Crippen MR) is 142 cm³/mol. The molecule has 0 saturated carbocycles. The summed E-state index contributed by atoms with van der Waals surface area (Å²) in [5, 5.41) is 2.41. The fourth-order valence-electron chi connectivity index (χ4n) is 4.07. The van der Waals surface area contributed by atoms with E-state index in [0.717, 1.165) is 42.9 Å². The van der Waals surface area contributed by atoms with Crippen LogP contribution in [0.3, 0.4) is 0 Å². The Kier molecular flexibility index (Phi) is 9.16. The molecule has 3 aromatic rings. The molecule has 208 valence electrons. The molecule has 0 aromatic heterocycles. The van der Waals surface area contributed by atoms with Crippen LogP contribution >= 0.6 is 11.6 Å². The van der Waals surface area contributed by atoms with Crippen LogP contribution in [0.4, 0.5) is 18.9 Å². The van der Waals surface area contributed by atoms with E-state index in [4.69, 9.17) is 16.3 Å². The van der Waals surface area contributed by atoms with Crippen molar-refractivity contribution in [2.75, 3.05) is 37.2 Å². The number of carbonyl (C=O) groups is 1. The number of alkyl halides is 3. The predicted octanol–water partition coefficient (Wildman–Crippen LogP) is 4.70. The molecule has 0 atom stereocenters. The number of benzene rings is 3. The molecule has 1 N–H and O–H groups in total. The average Bonchev–Trinajstić information content (AvgIpc) is 2.92. The smallest absolute Gasteiger partial charge is 0.379 e. The summed E-state index contributed by atoms with van der Waals surface area (Å²) in [5.41, 5.74) is 0.348. The molecule has 39 heavy (non-hydrogen) atoms. The number of hydrogen-bond acceptors (Lipinski definition) is 5. The van der Waals surface area contributed by atoms with E-state index >= 15 is 0 Å². The van der Waals surface area contributed by atoms with Crippen molar-refractivity contribution in [3.8, 4) is 0 Å². The molecule has 1 amide bonds. The van der Waals surface area contributed by atoms with E-state index in [9.17, 15) is 26.4 Å². The average molecular weight is 582 g/mol. The first-order valence-corrected chi connectivity index (χ1v) is 13.9. The first-order valence-electron chi connectivity index (χ1n) is 12.1. The molecule has 1 heterocycles. The Labute approximate surface area is 230 Å². The van der Waals surface area contributed by atoms with Gasteiger partial charge in [0.15, 0.2) is 0 Å². The van der Waals surface area contributed by atoms with Gasteiger partial charge in [0.1, 0.15) is 6.54 Å². The molecule has 0 unspecified atom stereocenters. The number of halogens is 4. The molecule has 1 saturated heterocycles. The summed E-state index contributed by atoms with van der Waals surface area (Å²) >= 11 is 6.16. The van der Waals surface area contributed by atoms with Crippen molar-refractivity contribution in [3.05, 3.63) is 94.5 Å². The van der Waals surface area contributed by atoms with Gasteiger partial charge in [-0.05, 0) is 41.5 Å². The van der Waals surface area contributed by atoms with Gasteiger partial charge in [-0.25, -0.2) is 8.42 Å². The van der Waals surface area contributed by atoms with Crippen LogP contribution in [0.5, 0.6) is 0 Å². The second kappa shape index (κ2) is 12.4. The number of amides is 1. The maximum absolute atomic E-state index is 13.5. The van der Waals surface area contributed by atoms with Crippen molar-refractivity contribution in [1.29, 1.82) is 0 Å². The third kappa shape index (κ3) is 7.51. The number of ether oxygens (including phenoxy) is 1. The highest BCUT2D eigenvalue weighted by atomic mass is 35.5. The second-order valence-corrected chi connectivity index (χ2v) is 11.2. The van der Waals surface area contributed by atoms with Crippen molar-refractivity contribution in [3.63, 3.8) is 0 Å². The highest BCUT2D eigenvalue weighted by Gasteiger charge is 2.34. The van der Waals surface area contributed by atoms with Gasteiger partial charge in [-0.1, -0.05) is 54.1 Å². The molecule has 1 aliphatic heterocycles. The number of anilines is 1. The minimum Gasteiger partial charge on any atom is -0.379 e. The van der Waals surface area contributed by atoms with Gasteiger partial charge >= 0.3 is 6.18 Å². The van der Waals surface area contributed by atoms with Gasteiger partial charge in [-0.15, -0.1) is 0 Å². The summed E-state index contributed by atoms with van der Waals surface area (Å²) < 4.78 is 73.1. The van der Waals surface area contributed by atoms with Crippen LogP contribution < -0.4 is 9.62 Å². The lowest BCUT2D eigenvalue weighted by Crippen LogP contribution is -2.41. The van der Waals surface area contributed by atoms with Crippen LogP contribution in [-0.2, 0) is 38.8 Å². The molecular formula is C27H27ClF3N3O4S. The van der Waals surface area contributed by atoms with Gasteiger partial charge in [0, 0.05) is 26.2 Å². The van der Waals surface area contributed by atoms with E-state index in [1.807, 2.05) is 24.3 Å². The number of sulfonamides is 1. The van der Waals surface area contributed by atoms with E-state index in [-0.39, 0.29) is 16.5 Å². The Morgan fingerprint density at radius 1 is 0.974 bits per heavy atom. The fourth-order valence-corrected chi connectivity index (χ4v) is 5.79. The number of nitrogens with one attached hydrogen (secondary N) is 1. The van der Waals surface area contributed by atoms with Crippen LogP contribution in [0.1, 0.15) is 16.7 Å². The zero-order valence-corrected chi connectivity index (χ0v) is 22.4. The zero-order valence-electron chi connectivity index (χ0n) is 20.8. The molecule has 1 aliphatic rings. The molecule has 0 aliphatic carbocycles. The normalized spacial score (nSPS) is 14.7. The van der Waals surface area contributed by atoms with Crippen LogP contribution in [0.15, 0.2) is 77.7 Å². The molecule has 0 radical (unpaired) electrons. The number of morpholine rings is 1. The van der Waals surface area contributed by atoms with E-state index in [1.54, 1.807) is 6.07 Å². The number of carbonyl (C=O) groups excluding carboxylic acids is 1. The highest BCUT2D eigenvalue weighted by molar-refractivity contribution is 7.92. The minimum atomic E-state index is -4.74. The summed E-state index contributed by atoms with van der Waals surface area (Å²) in [7, 11) is -4.43. The number of hydrogen-bond donors (Lipinski definition) is 1. The molecule has 0 bridgehead atoms. The Morgan fingerprint density at radius 2 is 1.62 bits per heavy atom. The SMILES string of the molecule is O=C(CN(c1cc(C(F)(F)F)ccc1Cl)S(=O)(=O)c1ccccc1)NCc1ccc(CN2CCOCC2)cc1. The molecule has 0 spiro atoms. The quantitative estimate of drug-likeness (QED) is 0.396.